The van der Waals surface area contributed by atoms with E-state index < -0.39 is 5.97 Å². The first kappa shape index (κ1) is 19.7. The van der Waals surface area contributed by atoms with Gasteiger partial charge in [-0.2, -0.15) is 5.26 Å². The summed E-state index contributed by atoms with van der Waals surface area (Å²) in [4.78, 5) is 12.1. The molecular formula is C23H37NO2. The molecule has 6 atom stereocenters. The van der Waals surface area contributed by atoms with Gasteiger partial charge in [-0.3, -0.25) is 4.79 Å². The summed E-state index contributed by atoms with van der Waals surface area (Å²) < 4.78 is 0. The van der Waals surface area contributed by atoms with Crippen molar-refractivity contribution in [3.8, 4) is 6.07 Å². The number of nitrogens with zero attached hydrogens (tertiary/aromatic N) is 1. The summed E-state index contributed by atoms with van der Waals surface area (Å²) >= 11 is 0. The molecule has 3 aliphatic rings. The molecule has 0 heterocycles. The van der Waals surface area contributed by atoms with E-state index in [1.54, 1.807) is 0 Å². The summed E-state index contributed by atoms with van der Waals surface area (Å²) in [6.45, 7) is 2.25. The average molecular weight is 360 g/mol. The van der Waals surface area contributed by atoms with Gasteiger partial charge in [-0.1, -0.05) is 71.1 Å². The molecule has 1 N–H and O–H groups in total. The van der Waals surface area contributed by atoms with Gasteiger partial charge in [0, 0.05) is 0 Å². The smallest absolute Gasteiger partial charge is 0.306 e. The van der Waals surface area contributed by atoms with Crippen LogP contribution in [0.2, 0.25) is 0 Å². The first-order chi connectivity index (χ1) is 12.7. The maximum atomic E-state index is 12.1. The third kappa shape index (κ3) is 4.26. The van der Waals surface area contributed by atoms with Crippen molar-refractivity contribution in [2.75, 3.05) is 0 Å². The molecule has 146 valence electrons. The molecule has 0 aromatic carbocycles. The fraction of sp³-hybridized carbons (Fsp3) is 0.913. The van der Waals surface area contributed by atoms with Crippen LogP contribution >= 0.6 is 0 Å². The van der Waals surface area contributed by atoms with Crippen LogP contribution in [0.25, 0.3) is 0 Å². The van der Waals surface area contributed by atoms with Gasteiger partial charge in [0.25, 0.3) is 0 Å². The van der Waals surface area contributed by atoms with Gasteiger partial charge < -0.3 is 5.11 Å². The molecule has 6 unspecified atom stereocenters. The van der Waals surface area contributed by atoms with Crippen molar-refractivity contribution in [3.05, 3.63) is 0 Å². The highest BCUT2D eigenvalue weighted by molar-refractivity contribution is 5.70. The predicted molar refractivity (Wildman–Crippen MR) is 103 cm³/mol. The molecule has 3 rings (SSSR count). The Kier molecular flexibility index (Phi) is 7.01. The molecular weight excluding hydrogens is 322 g/mol. The monoisotopic (exact) mass is 359 g/mol. The summed E-state index contributed by atoms with van der Waals surface area (Å²) in [5.74, 6) is 1.70. The quantitative estimate of drug-likeness (QED) is 0.588. The molecule has 0 aromatic rings. The number of carbonyl (C=O) groups is 1. The van der Waals surface area contributed by atoms with Crippen LogP contribution in [0.4, 0.5) is 0 Å². The van der Waals surface area contributed by atoms with Crippen LogP contribution in [0, 0.1) is 52.8 Å². The summed E-state index contributed by atoms with van der Waals surface area (Å²) in [6.07, 6.45) is 15.7. The first-order valence-electron chi connectivity index (χ1n) is 11.3. The molecule has 0 amide bonds. The second kappa shape index (κ2) is 9.25. The number of unbranched alkanes of at least 4 members (excludes halogenated alkanes) is 2. The molecule has 3 nitrogen and oxygen atoms in total. The number of hydrogen-bond acceptors (Lipinski definition) is 2. The van der Waals surface area contributed by atoms with Crippen LogP contribution in [-0.2, 0) is 4.79 Å². The van der Waals surface area contributed by atoms with Crippen molar-refractivity contribution in [3.63, 3.8) is 0 Å². The largest absolute Gasteiger partial charge is 0.481 e. The molecule has 3 aliphatic carbocycles. The SMILES string of the molecule is CCCCCC1CCC2C(C1)C(C#N)CC(C(=O)O)C2C1CCCCC1. The Balaban J connectivity index is 1.76. The van der Waals surface area contributed by atoms with E-state index in [0.717, 1.165) is 5.92 Å². The molecule has 0 saturated heterocycles. The summed E-state index contributed by atoms with van der Waals surface area (Å²) in [5, 5.41) is 19.7. The van der Waals surface area contributed by atoms with E-state index in [0.29, 0.717) is 30.1 Å². The van der Waals surface area contributed by atoms with Crippen LogP contribution in [0.5, 0.6) is 0 Å². The van der Waals surface area contributed by atoms with Gasteiger partial charge in [-0.15, -0.1) is 0 Å². The topological polar surface area (TPSA) is 61.1 Å². The molecule has 0 bridgehead atoms. The van der Waals surface area contributed by atoms with Gasteiger partial charge in [-0.05, 0) is 48.9 Å². The van der Waals surface area contributed by atoms with Crippen LogP contribution in [0.1, 0.15) is 90.4 Å². The molecule has 0 radical (unpaired) electrons. The Labute approximate surface area is 159 Å². The Morgan fingerprint density at radius 2 is 1.81 bits per heavy atom. The van der Waals surface area contributed by atoms with Gasteiger partial charge in [0.15, 0.2) is 0 Å². The number of rotatable bonds is 6. The molecule has 0 aromatic heterocycles. The van der Waals surface area contributed by atoms with E-state index in [4.69, 9.17) is 0 Å². The Morgan fingerprint density at radius 3 is 2.46 bits per heavy atom. The van der Waals surface area contributed by atoms with Crippen LogP contribution in [-0.4, -0.2) is 11.1 Å². The summed E-state index contributed by atoms with van der Waals surface area (Å²) in [7, 11) is 0. The fourth-order valence-corrected chi connectivity index (χ4v) is 6.72. The van der Waals surface area contributed by atoms with Crippen molar-refractivity contribution < 1.29 is 9.90 Å². The molecule has 26 heavy (non-hydrogen) atoms. The highest BCUT2D eigenvalue weighted by atomic mass is 16.4. The van der Waals surface area contributed by atoms with Gasteiger partial charge in [0.2, 0.25) is 0 Å². The molecule has 3 heteroatoms. The first-order valence-corrected chi connectivity index (χ1v) is 11.3. The number of carboxylic acids is 1. The van der Waals surface area contributed by atoms with E-state index >= 15 is 0 Å². The zero-order valence-corrected chi connectivity index (χ0v) is 16.5. The molecule has 3 saturated carbocycles. The van der Waals surface area contributed by atoms with Gasteiger partial charge >= 0.3 is 5.97 Å². The zero-order chi connectivity index (χ0) is 18.5. The average Bonchev–Trinajstić information content (AvgIpc) is 2.67. The third-order valence-electron chi connectivity index (χ3n) is 7.94. The minimum Gasteiger partial charge on any atom is -0.481 e. The number of nitriles is 1. The third-order valence-corrected chi connectivity index (χ3v) is 7.94. The van der Waals surface area contributed by atoms with E-state index in [-0.39, 0.29) is 11.8 Å². The fourth-order valence-electron chi connectivity index (χ4n) is 6.72. The molecule has 0 aliphatic heterocycles. The van der Waals surface area contributed by atoms with Gasteiger partial charge in [0.1, 0.15) is 0 Å². The van der Waals surface area contributed by atoms with Crippen molar-refractivity contribution in [1.82, 2.24) is 0 Å². The van der Waals surface area contributed by atoms with Crippen molar-refractivity contribution in [1.29, 1.82) is 5.26 Å². The van der Waals surface area contributed by atoms with Crippen molar-refractivity contribution in [2.24, 2.45) is 41.4 Å². The lowest BCUT2D eigenvalue weighted by Gasteiger charge is -2.51. The maximum Gasteiger partial charge on any atom is 0.306 e. The van der Waals surface area contributed by atoms with Crippen molar-refractivity contribution >= 4 is 5.97 Å². The van der Waals surface area contributed by atoms with Crippen LogP contribution in [0.15, 0.2) is 0 Å². The Hall–Kier alpha value is -1.04. The Morgan fingerprint density at radius 1 is 1.04 bits per heavy atom. The number of aliphatic carboxylic acids is 1. The van der Waals surface area contributed by atoms with Crippen LogP contribution in [0.3, 0.4) is 0 Å². The highest BCUT2D eigenvalue weighted by Crippen LogP contribution is 2.55. The lowest BCUT2D eigenvalue weighted by molar-refractivity contribution is -0.152. The van der Waals surface area contributed by atoms with Gasteiger partial charge in [0.05, 0.1) is 17.9 Å². The van der Waals surface area contributed by atoms with E-state index in [2.05, 4.69) is 13.0 Å². The maximum absolute atomic E-state index is 12.1. The van der Waals surface area contributed by atoms with E-state index in [1.165, 1.54) is 77.0 Å². The normalized spacial score (nSPS) is 38.3. The number of carboxylic acid groups (broad SMARTS) is 1. The summed E-state index contributed by atoms with van der Waals surface area (Å²) in [6, 6.07) is 2.54. The van der Waals surface area contributed by atoms with Gasteiger partial charge in [-0.25, -0.2) is 0 Å². The van der Waals surface area contributed by atoms with Crippen LogP contribution < -0.4 is 0 Å². The standard InChI is InChI=1S/C23H37NO2/c1-2-3-5-8-16-11-12-19-20(13-16)18(15-24)14-21(23(25)26)22(19)17-9-6-4-7-10-17/h16-22H,2-14H2,1H3,(H,25,26). The second-order valence-corrected chi connectivity index (χ2v) is 9.39. The lowest BCUT2D eigenvalue weighted by Crippen LogP contribution is -2.48. The zero-order valence-electron chi connectivity index (χ0n) is 16.5. The highest BCUT2D eigenvalue weighted by Gasteiger charge is 2.51. The number of hydrogen-bond donors (Lipinski definition) is 1. The van der Waals surface area contributed by atoms with E-state index in [1.807, 2.05) is 0 Å². The minimum atomic E-state index is -0.635. The van der Waals surface area contributed by atoms with E-state index in [9.17, 15) is 15.2 Å². The molecule has 3 fully saturated rings. The summed E-state index contributed by atoms with van der Waals surface area (Å²) in [5.41, 5.74) is 0. The van der Waals surface area contributed by atoms with Crippen molar-refractivity contribution in [2.45, 2.75) is 90.4 Å². The Bertz CT molecular complexity index is 505. The molecule has 0 spiro atoms. The number of fused-ring (bicyclic) bond motifs is 1. The minimum absolute atomic E-state index is 0.0325. The lowest BCUT2D eigenvalue weighted by atomic mass is 9.52. The second-order valence-electron chi connectivity index (χ2n) is 9.39. The predicted octanol–water partition coefficient (Wildman–Crippen LogP) is 6.04.